The van der Waals surface area contributed by atoms with Crippen LogP contribution in [0.5, 0.6) is 0 Å². The van der Waals surface area contributed by atoms with Crippen LogP contribution in [-0.4, -0.2) is 56.5 Å². The van der Waals surface area contributed by atoms with E-state index in [1.807, 2.05) is 32.4 Å². The van der Waals surface area contributed by atoms with Gasteiger partial charge in [0.15, 0.2) is 0 Å². The molecular formula is C23H45BN2O8S. The summed E-state index contributed by atoms with van der Waals surface area (Å²) in [5.41, 5.74) is -3.59. The summed E-state index contributed by atoms with van der Waals surface area (Å²) in [6, 6.07) is 0. The Bertz CT molecular complexity index is 846. The zero-order valence-corrected chi connectivity index (χ0v) is 24.1. The number of hydrogen-bond acceptors (Lipinski definition) is 8. The van der Waals surface area contributed by atoms with Gasteiger partial charge in [-0.15, -0.1) is 0 Å². The minimum Gasteiger partial charge on any atom is -0.460 e. The molecule has 1 amide bonds. The molecule has 0 saturated carbocycles. The van der Waals surface area contributed by atoms with Gasteiger partial charge in [-0.2, -0.15) is 13.1 Å². The van der Waals surface area contributed by atoms with Crippen LogP contribution in [0.2, 0.25) is 6.32 Å². The van der Waals surface area contributed by atoms with E-state index in [1.54, 1.807) is 48.5 Å². The fourth-order valence-electron chi connectivity index (χ4n) is 3.27. The molecule has 0 aliphatic carbocycles. The Morgan fingerprint density at radius 2 is 1.34 bits per heavy atom. The molecule has 1 unspecified atom stereocenters. The Morgan fingerprint density at radius 1 is 0.857 bits per heavy atom. The third-order valence-corrected chi connectivity index (χ3v) is 6.84. The van der Waals surface area contributed by atoms with Crippen LogP contribution in [0.25, 0.3) is 0 Å². The number of esters is 1. The second-order valence-electron chi connectivity index (χ2n) is 12.4. The fraction of sp³-hybridized carbons (Fsp3) is 0.913. The Balaban J connectivity index is 2.79. The SMILES string of the molecule is CC(C)(C)OC(=O)NS(=O)(=O)NCC(C)(CCCCB1OC(C)(C)C(C)(C)O1)C(=O)OC(C)(C)C. The predicted octanol–water partition coefficient (Wildman–Crippen LogP) is 3.96. The smallest absolute Gasteiger partial charge is 0.457 e. The normalized spacial score (nSPS) is 19.7. The maximum atomic E-state index is 13.0. The zero-order valence-electron chi connectivity index (χ0n) is 23.3. The van der Waals surface area contributed by atoms with Crippen LogP contribution < -0.4 is 9.44 Å². The van der Waals surface area contributed by atoms with E-state index < -0.39 is 50.1 Å². The molecule has 0 bridgehead atoms. The van der Waals surface area contributed by atoms with Gasteiger partial charge in [0.25, 0.3) is 0 Å². The molecule has 1 saturated heterocycles. The van der Waals surface area contributed by atoms with Crippen molar-refractivity contribution in [1.82, 2.24) is 9.44 Å². The number of unbranched alkanes of at least 4 members (excludes halogenated alkanes) is 1. The van der Waals surface area contributed by atoms with E-state index >= 15 is 0 Å². The Kier molecular flexibility index (Phi) is 9.90. The Hall–Kier alpha value is -1.37. The lowest BCUT2D eigenvalue weighted by Crippen LogP contribution is -2.49. The third-order valence-electron chi connectivity index (χ3n) is 5.88. The van der Waals surface area contributed by atoms with E-state index in [4.69, 9.17) is 18.8 Å². The van der Waals surface area contributed by atoms with Gasteiger partial charge in [0.1, 0.15) is 11.2 Å². The quantitative estimate of drug-likeness (QED) is 0.252. The molecule has 1 heterocycles. The van der Waals surface area contributed by atoms with Gasteiger partial charge in [0.2, 0.25) is 0 Å². The van der Waals surface area contributed by atoms with E-state index in [9.17, 15) is 18.0 Å². The number of ether oxygens (including phenoxy) is 2. The number of carbonyl (C=O) groups is 2. The van der Waals surface area contributed by atoms with Crippen molar-refractivity contribution in [2.45, 2.75) is 124 Å². The molecule has 0 aromatic rings. The molecule has 35 heavy (non-hydrogen) atoms. The summed E-state index contributed by atoms with van der Waals surface area (Å²) in [7, 11) is -4.60. The Labute approximate surface area is 211 Å². The molecule has 2 N–H and O–H groups in total. The number of amides is 1. The van der Waals surface area contributed by atoms with Crippen molar-refractivity contribution in [2.75, 3.05) is 6.54 Å². The standard InChI is InChI=1S/C23H45BN2O8S/c1-19(2,3)31-17(27)23(11,16-25-35(29,30)26-18(28)32-20(4,5)6)14-12-13-15-24-33-21(7,8)22(9,10)34-24/h25H,12-16H2,1-11H3,(H,26,28). The molecule has 0 radical (unpaired) electrons. The van der Waals surface area contributed by atoms with Crippen molar-refractivity contribution in [1.29, 1.82) is 0 Å². The van der Waals surface area contributed by atoms with E-state index in [0.29, 0.717) is 25.6 Å². The minimum absolute atomic E-state index is 0.253. The molecule has 0 aromatic carbocycles. The molecule has 10 nitrogen and oxygen atoms in total. The largest absolute Gasteiger partial charge is 0.460 e. The van der Waals surface area contributed by atoms with Crippen LogP contribution in [0, 0.1) is 5.41 Å². The summed E-state index contributed by atoms with van der Waals surface area (Å²) < 4.78 is 51.5. The van der Waals surface area contributed by atoms with Crippen LogP contribution in [0.15, 0.2) is 0 Å². The highest BCUT2D eigenvalue weighted by atomic mass is 32.2. The maximum absolute atomic E-state index is 13.0. The molecule has 1 aliphatic rings. The average molecular weight is 520 g/mol. The summed E-state index contributed by atoms with van der Waals surface area (Å²) in [5.74, 6) is -0.527. The maximum Gasteiger partial charge on any atom is 0.457 e. The van der Waals surface area contributed by atoms with Gasteiger partial charge in [0.05, 0.1) is 16.6 Å². The van der Waals surface area contributed by atoms with Crippen LogP contribution in [0.4, 0.5) is 4.79 Å². The van der Waals surface area contributed by atoms with Gasteiger partial charge in [0, 0.05) is 6.54 Å². The molecule has 1 atom stereocenters. The number of nitrogens with one attached hydrogen (secondary N) is 2. The van der Waals surface area contributed by atoms with Crippen molar-refractivity contribution in [2.24, 2.45) is 5.41 Å². The summed E-state index contributed by atoms with van der Waals surface area (Å²) in [5, 5.41) is 0. The number of carbonyl (C=O) groups excluding carboxylic acids is 2. The lowest BCUT2D eigenvalue weighted by Gasteiger charge is -2.32. The molecule has 1 fully saturated rings. The first-order chi connectivity index (χ1) is 15.5. The number of hydrogen-bond donors (Lipinski definition) is 2. The summed E-state index contributed by atoms with van der Waals surface area (Å²) in [6.07, 6.45) is 1.21. The predicted molar refractivity (Wildman–Crippen MR) is 135 cm³/mol. The van der Waals surface area contributed by atoms with E-state index in [1.165, 1.54) is 0 Å². The van der Waals surface area contributed by atoms with Crippen molar-refractivity contribution in [3.8, 4) is 0 Å². The minimum atomic E-state index is -4.26. The monoisotopic (exact) mass is 520 g/mol. The van der Waals surface area contributed by atoms with Crippen molar-refractivity contribution >= 4 is 29.4 Å². The Morgan fingerprint density at radius 3 is 1.80 bits per heavy atom. The van der Waals surface area contributed by atoms with Gasteiger partial charge < -0.3 is 18.8 Å². The molecule has 0 aromatic heterocycles. The van der Waals surface area contributed by atoms with Crippen molar-refractivity contribution < 1.29 is 36.8 Å². The van der Waals surface area contributed by atoms with Crippen LogP contribution in [0.3, 0.4) is 0 Å². The van der Waals surface area contributed by atoms with Gasteiger partial charge >= 0.3 is 29.4 Å². The second-order valence-corrected chi connectivity index (χ2v) is 13.9. The first-order valence-corrected chi connectivity index (χ1v) is 13.5. The van der Waals surface area contributed by atoms with Gasteiger partial charge in [-0.3, -0.25) is 4.79 Å². The fourth-order valence-corrected chi connectivity index (χ4v) is 4.11. The van der Waals surface area contributed by atoms with Gasteiger partial charge in [-0.05, 0) is 88.9 Å². The highest BCUT2D eigenvalue weighted by Crippen LogP contribution is 2.38. The molecule has 1 aliphatic heterocycles. The van der Waals surface area contributed by atoms with Crippen LogP contribution in [0.1, 0.15) is 95.4 Å². The van der Waals surface area contributed by atoms with Gasteiger partial charge in [-0.25, -0.2) is 9.52 Å². The molecule has 0 spiro atoms. The first-order valence-electron chi connectivity index (χ1n) is 12.1. The third kappa shape index (κ3) is 10.6. The highest BCUT2D eigenvalue weighted by Gasteiger charge is 2.50. The van der Waals surface area contributed by atoms with Crippen molar-refractivity contribution in [3.05, 3.63) is 0 Å². The summed E-state index contributed by atoms with van der Waals surface area (Å²) in [6.45, 7) is 19.5. The molecular weight excluding hydrogens is 475 g/mol. The lowest BCUT2D eigenvalue weighted by molar-refractivity contribution is -0.166. The lowest BCUT2D eigenvalue weighted by atomic mass is 9.79. The highest BCUT2D eigenvalue weighted by molar-refractivity contribution is 7.88. The van der Waals surface area contributed by atoms with E-state index in [0.717, 1.165) is 0 Å². The number of rotatable bonds is 10. The molecule has 1 rings (SSSR count). The van der Waals surface area contributed by atoms with Gasteiger partial charge in [-0.1, -0.05) is 12.8 Å². The van der Waals surface area contributed by atoms with Crippen LogP contribution in [-0.2, 0) is 33.8 Å². The summed E-state index contributed by atoms with van der Waals surface area (Å²) >= 11 is 0. The summed E-state index contributed by atoms with van der Waals surface area (Å²) in [4.78, 5) is 24.9. The van der Waals surface area contributed by atoms with E-state index in [2.05, 4.69) is 4.72 Å². The van der Waals surface area contributed by atoms with Crippen molar-refractivity contribution in [3.63, 3.8) is 0 Å². The zero-order chi connectivity index (χ0) is 27.5. The molecule has 204 valence electrons. The van der Waals surface area contributed by atoms with E-state index in [-0.39, 0.29) is 13.7 Å². The molecule has 12 heteroatoms. The average Bonchev–Trinajstić information content (AvgIpc) is 2.80. The van der Waals surface area contributed by atoms with Crippen LogP contribution >= 0.6 is 0 Å². The first kappa shape index (κ1) is 31.7. The second kappa shape index (κ2) is 10.9. The topological polar surface area (TPSA) is 129 Å².